The van der Waals surface area contributed by atoms with Gasteiger partial charge in [-0.1, -0.05) is 19.1 Å². The van der Waals surface area contributed by atoms with Gasteiger partial charge in [0.15, 0.2) is 0 Å². The summed E-state index contributed by atoms with van der Waals surface area (Å²) in [7, 11) is 0. The molecule has 1 saturated heterocycles. The molecule has 1 fully saturated rings. The number of likely N-dealkylation sites (N-methyl/N-ethyl adjacent to an activating group) is 1. The standard InChI is InChI=1S/C12H17FN2/c1-2-15-7-6-11(14)12(15)9-4-3-5-10(13)8-9/h3-5,8,11-12H,2,6-7,14H2,1H3. The summed E-state index contributed by atoms with van der Waals surface area (Å²) in [5, 5.41) is 0. The van der Waals surface area contributed by atoms with E-state index in [0.717, 1.165) is 25.1 Å². The smallest absolute Gasteiger partial charge is 0.123 e. The van der Waals surface area contributed by atoms with Gasteiger partial charge in [-0.3, -0.25) is 4.90 Å². The fourth-order valence-electron chi connectivity index (χ4n) is 2.39. The van der Waals surface area contributed by atoms with Gasteiger partial charge in [0.2, 0.25) is 0 Å². The molecule has 0 aromatic heterocycles. The summed E-state index contributed by atoms with van der Waals surface area (Å²) < 4.78 is 13.1. The highest BCUT2D eigenvalue weighted by Crippen LogP contribution is 2.30. The van der Waals surface area contributed by atoms with Crippen LogP contribution in [-0.4, -0.2) is 24.0 Å². The van der Waals surface area contributed by atoms with E-state index in [1.807, 2.05) is 6.07 Å². The van der Waals surface area contributed by atoms with E-state index in [4.69, 9.17) is 5.73 Å². The summed E-state index contributed by atoms with van der Waals surface area (Å²) >= 11 is 0. The molecule has 1 aromatic carbocycles. The van der Waals surface area contributed by atoms with Gasteiger partial charge in [0.05, 0.1) is 6.04 Å². The van der Waals surface area contributed by atoms with Gasteiger partial charge in [0, 0.05) is 12.6 Å². The lowest BCUT2D eigenvalue weighted by atomic mass is 10.0. The zero-order valence-electron chi connectivity index (χ0n) is 8.99. The molecule has 15 heavy (non-hydrogen) atoms. The quantitative estimate of drug-likeness (QED) is 0.804. The van der Waals surface area contributed by atoms with E-state index in [2.05, 4.69) is 11.8 Å². The molecule has 2 atom stereocenters. The van der Waals surface area contributed by atoms with Crippen molar-refractivity contribution < 1.29 is 4.39 Å². The minimum absolute atomic E-state index is 0.131. The van der Waals surface area contributed by atoms with Gasteiger partial charge in [0.25, 0.3) is 0 Å². The lowest BCUT2D eigenvalue weighted by molar-refractivity contribution is 0.260. The molecule has 1 aliphatic heterocycles. The van der Waals surface area contributed by atoms with Crippen molar-refractivity contribution in [2.45, 2.75) is 25.4 Å². The van der Waals surface area contributed by atoms with Crippen LogP contribution in [0.5, 0.6) is 0 Å². The van der Waals surface area contributed by atoms with Crippen molar-refractivity contribution in [2.75, 3.05) is 13.1 Å². The molecule has 2 nitrogen and oxygen atoms in total. The number of hydrogen-bond donors (Lipinski definition) is 1. The van der Waals surface area contributed by atoms with Crippen molar-refractivity contribution in [3.05, 3.63) is 35.6 Å². The fraction of sp³-hybridized carbons (Fsp3) is 0.500. The number of nitrogens with two attached hydrogens (primary N) is 1. The van der Waals surface area contributed by atoms with Gasteiger partial charge < -0.3 is 5.73 Å². The van der Waals surface area contributed by atoms with Crippen LogP contribution in [0, 0.1) is 5.82 Å². The molecule has 0 saturated carbocycles. The minimum atomic E-state index is -0.178. The third-order valence-corrected chi connectivity index (χ3v) is 3.14. The van der Waals surface area contributed by atoms with Gasteiger partial charge in [-0.15, -0.1) is 0 Å². The van der Waals surface area contributed by atoms with Crippen LogP contribution in [-0.2, 0) is 0 Å². The number of halogens is 1. The maximum Gasteiger partial charge on any atom is 0.123 e. The first-order chi connectivity index (χ1) is 7.22. The summed E-state index contributed by atoms with van der Waals surface area (Å²) in [5.41, 5.74) is 7.06. The van der Waals surface area contributed by atoms with E-state index in [0.29, 0.717) is 0 Å². The zero-order chi connectivity index (χ0) is 10.8. The molecule has 2 rings (SSSR count). The molecule has 1 aromatic rings. The molecule has 0 radical (unpaired) electrons. The summed E-state index contributed by atoms with van der Waals surface area (Å²) in [5.74, 6) is -0.178. The molecule has 0 aliphatic carbocycles. The van der Waals surface area contributed by atoms with Crippen LogP contribution < -0.4 is 5.73 Å². The Morgan fingerprint density at radius 1 is 1.53 bits per heavy atom. The fourth-order valence-corrected chi connectivity index (χ4v) is 2.39. The van der Waals surface area contributed by atoms with E-state index in [1.165, 1.54) is 6.07 Å². The largest absolute Gasteiger partial charge is 0.326 e. The Bertz CT molecular complexity index is 340. The summed E-state index contributed by atoms with van der Waals surface area (Å²) in [6.07, 6.45) is 0.995. The predicted molar refractivity (Wildman–Crippen MR) is 59.0 cm³/mol. The summed E-state index contributed by atoms with van der Waals surface area (Å²) in [6, 6.07) is 7.10. The van der Waals surface area contributed by atoms with Crippen LogP contribution in [0.4, 0.5) is 4.39 Å². The molecular formula is C12H17FN2. The average Bonchev–Trinajstić information content (AvgIpc) is 2.59. The Morgan fingerprint density at radius 2 is 2.33 bits per heavy atom. The highest BCUT2D eigenvalue weighted by Gasteiger charge is 2.31. The number of benzene rings is 1. The molecule has 1 heterocycles. The van der Waals surface area contributed by atoms with E-state index in [9.17, 15) is 4.39 Å². The van der Waals surface area contributed by atoms with Crippen molar-refractivity contribution in [3.63, 3.8) is 0 Å². The van der Waals surface area contributed by atoms with Crippen LogP contribution >= 0.6 is 0 Å². The van der Waals surface area contributed by atoms with Crippen LogP contribution in [0.3, 0.4) is 0 Å². The molecule has 0 amide bonds. The Morgan fingerprint density at radius 3 is 3.00 bits per heavy atom. The third kappa shape index (κ3) is 2.03. The zero-order valence-corrected chi connectivity index (χ0v) is 8.99. The SMILES string of the molecule is CCN1CCC(N)C1c1cccc(F)c1. The maximum absolute atomic E-state index is 13.1. The first-order valence-electron chi connectivity index (χ1n) is 5.47. The highest BCUT2D eigenvalue weighted by atomic mass is 19.1. The van der Waals surface area contributed by atoms with Gasteiger partial charge >= 0.3 is 0 Å². The summed E-state index contributed by atoms with van der Waals surface area (Å²) in [4.78, 5) is 2.31. The Labute approximate surface area is 89.9 Å². The lowest BCUT2D eigenvalue weighted by Gasteiger charge is -2.25. The second kappa shape index (κ2) is 4.29. The van der Waals surface area contributed by atoms with Crippen molar-refractivity contribution >= 4 is 0 Å². The normalized spacial score (nSPS) is 27.1. The van der Waals surface area contributed by atoms with E-state index >= 15 is 0 Å². The van der Waals surface area contributed by atoms with Crippen LogP contribution in [0.1, 0.15) is 24.9 Å². The van der Waals surface area contributed by atoms with Gasteiger partial charge in [-0.2, -0.15) is 0 Å². The first kappa shape index (κ1) is 10.6. The average molecular weight is 208 g/mol. The molecule has 0 spiro atoms. The molecule has 1 aliphatic rings. The predicted octanol–water partition coefficient (Wildman–Crippen LogP) is 1.92. The number of hydrogen-bond acceptors (Lipinski definition) is 2. The second-order valence-electron chi connectivity index (χ2n) is 4.08. The van der Waals surface area contributed by atoms with Gasteiger partial charge in [-0.05, 0) is 30.7 Å². The van der Waals surface area contributed by atoms with E-state index in [1.54, 1.807) is 12.1 Å². The summed E-state index contributed by atoms with van der Waals surface area (Å²) in [6.45, 7) is 4.10. The molecule has 3 heteroatoms. The number of rotatable bonds is 2. The van der Waals surface area contributed by atoms with Gasteiger partial charge in [0.1, 0.15) is 5.82 Å². The maximum atomic E-state index is 13.1. The van der Waals surface area contributed by atoms with E-state index < -0.39 is 0 Å². The van der Waals surface area contributed by atoms with Crippen molar-refractivity contribution in [3.8, 4) is 0 Å². The van der Waals surface area contributed by atoms with Crippen LogP contribution in [0.25, 0.3) is 0 Å². The van der Waals surface area contributed by atoms with E-state index in [-0.39, 0.29) is 17.9 Å². The molecule has 2 N–H and O–H groups in total. The Hall–Kier alpha value is -0.930. The minimum Gasteiger partial charge on any atom is -0.326 e. The molecule has 82 valence electrons. The van der Waals surface area contributed by atoms with Crippen LogP contribution in [0.15, 0.2) is 24.3 Å². The van der Waals surface area contributed by atoms with Crippen LogP contribution in [0.2, 0.25) is 0 Å². The Kier molecular flexibility index (Phi) is 3.03. The third-order valence-electron chi connectivity index (χ3n) is 3.14. The van der Waals surface area contributed by atoms with Crippen molar-refractivity contribution in [1.82, 2.24) is 4.90 Å². The number of likely N-dealkylation sites (tertiary alicyclic amines) is 1. The second-order valence-corrected chi connectivity index (χ2v) is 4.08. The first-order valence-corrected chi connectivity index (χ1v) is 5.47. The monoisotopic (exact) mass is 208 g/mol. The van der Waals surface area contributed by atoms with Gasteiger partial charge in [-0.25, -0.2) is 4.39 Å². The Balaban J connectivity index is 2.28. The molecular weight excluding hydrogens is 191 g/mol. The molecule has 2 unspecified atom stereocenters. The van der Waals surface area contributed by atoms with Crippen molar-refractivity contribution in [1.29, 1.82) is 0 Å². The number of nitrogens with zero attached hydrogens (tertiary/aromatic N) is 1. The van der Waals surface area contributed by atoms with Crippen molar-refractivity contribution in [2.24, 2.45) is 5.73 Å². The lowest BCUT2D eigenvalue weighted by Crippen LogP contribution is -2.31. The topological polar surface area (TPSA) is 29.3 Å². The molecule has 0 bridgehead atoms. The highest BCUT2D eigenvalue weighted by molar-refractivity contribution is 5.23.